The molecular formula is C23H29N3O5S. The number of furan rings is 1. The van der Waals surface area contributed by atoms with Crippen molar-refractivity contribution in [2.75, 3.05) is 13.1 Å². The molecule has 8 nitrogen and oxygen atoms in total. The quantitative estimate of drug-likeness (QED) is 0.630. The Balaban J connectivity index is 1.21. The van der Waals surface area contributed by atoms with E-state index in [1.54, 1.807) is 43.3 Å². The van der Waals surface area contributed by atoms with Crippen molar-refractivity contribution in [3.8, 4) is 0 Å². The van der Waals surface area contributed by atoms with Gasteiger partial charge in [-0.3, -0.25) is 9.59 Å². The van der Waals surface area contributed by atoms with E-state index in [1.807, 2.05) is 4.90 Å². The van der Waals surface area contributed by atoms with E-state index in [9.17, 15) is 18.0 Å². The van der Waals surface area contributed by atoms with Gasteiger partial charge in [-0.25, -0.2) is 13.1 Å². The lowest BCUT2D eigenvalue weighted by atomic mass is 10.0. The summed E-state index contributed by atoms with van der Waals surface area (Å²) in [7, 11) is -3.45. The highest BCUT2D eigenvalue weighted by Gasteiger charge is 2.28. The number of hydrogen-bond acceptors (Lipinski definition) is 5. The third-order valence-electron chi connectivity index (χ3n) is 5.91. The summed E-state index contributed by atoms with van der Waals surface area (Å²) in [5.74, 6) is 0.856. The first-order valence-corrected chi connectivity index (χ1v) is 12.5. The first kappa shape index (κ1) is 22.5. The lowest BCUT2D eigenvalue weighted by Gasteiger charge is -2.32. The van der Waals surface area contributed by atoms with Crippen LogP contribution in [0.15, 0.2) is 45.7 Å². The van der Waals surface area contributed by atoms with Gasteiger partial charge in [0.15, 0.2) is 5.76 Å². The number of sulfonamides is 1. The average Bonchev–Trinajstić information content (AvgIpc) is 3.47. The highest BCUT2D eigenvalue weighted by Crippen LogP contribution is 2.22. The van der Waals surface area contributed by atoms with E-state index >= 15 is 0 Å². The van der Waals surface area contributed by atoms with Gasteiger partial charge in [-0.15, -0.1) is 0 Å². The summed E-state index contributed by atoms with van der Waals surface area (Å²) in [6.45, 7) is 3.00. The summed E-state index contributed by atoms with van der Waals surface area (Å²) in [5, 5.41) is 2.97. The normalized spacial score (nSPS) is 17.3. The molecule has 2 aromatic rings. The zero-order chi connectivity index (χ0) is 22.7. The summed E-state index contributed by atoms with van der Waals surface area (Å²) >= 11 is 0. The van der Waals surface area contributed by atoms with Crippen LogP contribution in [0, 0.1) is 6.92 Å². The van der Waals surface area contributed by atoms with Gasteiger partial charge in [0.1, 0.15) is 5.76 Å². The maximum atomic E-state index is 12.6. The van der Waals surface area contributed by atoms with Gasteiger partial charge in [0.05, 0.1) is 4.90 Å². The Morgan fingerprint density at radius 2 is 1.69 bits per heavy atom. The van der Waals surface area contributed by atoms with Gasteiger partial charge in [0.25, 0.3) is 5.91 Å². The Bertz CT molecular complexity index is 1070. The summed E-state index contributed by atoms with van der Waals surface area (Å²) in [5.41, 5.74) is 0.930. The van der Waals surface area contributed by atoms with Crippen LogP contribution in [-0.4, -0.2) is 50.3 Å². The molecule has 0 unspecified atom stereocenters. The number of nitrogens with zero attached hydrogens (tertiary/aromatic N) is 1. The molecule has 1 aliphatic carbocycles. The number of nitrogens with one attached hydrogen (secondary N) is 2. The monoisotopic (exact) mass is 459 g/mol. The second-order valence-electron chi connectivity index (χ2n) is 8.58. The third kappa shape index (κ3) is 5.77. The van der Waals surface area contributed by atoms with Crippen LogP contribution in [0.3, 0.4) is 0 Å². The van der Waals surface area contributed by atoms with Gasteiger partial charge in [-0.1, -0.05) is 12.1 Å². The predicted octanol–water partition coefficient (Wildman–Crippen LogP) is 2.38. The van der Waals surface area contributed by atoms with E-state index in [2.05, 4.69) is 10.0 Å². The van der Waals surface area contributed by atoms with Crippen molar-refractivity contribution in [1.29, 1.82) is 0 Å². The standard InChI is InChI=1S/C23H29N3O5S/c1-16-2-10-21(31-16)23(28)24-18-12-14-26(15-13-18)22(27)11-5-17-3-8-20(9-4-17)32(29,30)25-19-6-7-19/h2-4,8-10,18-19,25H,5-7,11-15H2,1H3,(H,24,28). The first-order chi connectivity index (χ1) is 15.3. The molecule has 2 aliphatic rings. The molecule has 1 aromatic carbocycles. The maximum Gasteiger partial charge on any atom is 0.287 e. The summed E-state index contributed by atoms with van der Waals surface area (Å²) < 4.78 is 32.5. The number of carbonyl (C=O) groups excluding carboxylic acids is 2. The Labute approximate surface area is 188 Å². The van der Waals surface area contributed by atoms with Crippen molar-refractivity contribution >= 4 is 21.8 Å². The van der Waals surface area contributed by atoms with Crippen LogP contribution < -0.4 is 10.0 Å². The van der Waals surface area contributed by atoms with E-state index in [1.165, 1.54) is 0 Å². The molecule has 2 amide bonds. The van der Waals surface area contributed by atoms with Gasteiger partial charge in [-0.2, -0.15) is 0 Å². The summed E-state index contributed by atoms with van der Waals surface area (Å²) in [4.78, 5) is 26.9. The van der Waals surface area contributed by atoms with Crippen molar-refractivity contribution in [3.63, 3.8) is 0 Å². The number of amides is 2. The highest BCUT2D eigenvalue weighted by atomic mass is 32.2. The molecule has 2 heterocycles. The van der Waals surface area contributed by atoms with Crippen molar-refractivity contribution < 1.29 is 22.4 Å². The lowest BCUT2D eigenvalue weighted by molar-refractivity contribution is -0.132. The maximum absolute atomic E-state index is 12.6. The largest absolute Gasteiger partial charge is 0.456 e. The number of benzene rings is 1. The minimum absolute atomic E-state index is 0.0238. The van der Waals surface area contributed by atoms with Crippen LogP contribution in [0.2, 0.25) is 0 Å². The molecule has 2 N–H and O–H groups in total. The number of likely N-dealkylation sites (tertiary alicyclic amines) is 1. The van der Waals surface area contributed by atoms with Crippen molar-refractivity contribution in [3.05, 3.63) is 53.5 Å². The van der Waals surface area contributed by atoms with Gasteiger partial charge in [0.2, 0.25) is 15.9 Å². The number of rotatable bonds is 8. The Hall–Kier alpha value is -2.65. The SMILES string of the molecule is Cc1ccc(C(=O)NC2CCN(C(=O)CCc3ccc(S(=O)(=O)NC4CC4)cc3)CC2)o1. The Morgan fingerprint density at radius 1 is 1.00 bits per heavy atom. The van der Waals surface area contributed by atoms with Crippen LogP contribution >= 0.6 is 0 Å². The van der Waals surface area contributed by atoms with E-state index in [4.69, 9.17) is 4.42 Å². The van der Waals surface area contributed by atoms with Crippen LogP contribution in [0.4, 0.5) is 0 Å². The minimum Gasteiger partial charge on any atom is -0.456 e. The van der Waals surface area contributed by atoms with Crippen molar-refractivity contribution in [2.24, 2.45) is 0 Å². The molecule has 0 bridgehead atoms. The van der Waals surface area contributed by atoms with Crippen LogP contribution in [0.1, 0.15) is 54.0 Å². The number of piperidine rings is 1. The minimum atomic E-state index is -3.45. The molecule has 172 valence electrons. The fourth-order valence-corrected chi connectivity index (χ4v) is 5.12. The second-order valence-corrected chi connectivity index (χ2v) is 10.3. The van der Waals surface area contributed by atoms with Gasteiger partial charge < -0.3 is 14.6 Å². The predicted molar refractivity (Wildman–Crippen MR) is 119 cm³/mol. The molecule has 1 aliphatic heterocycles. The third-order valence-corrected chi connectivity index (χ3v) is 7.44. The van der Waals surface area contributed by atoms with Crippen molar-refractivity contribution in [1.82, 2.24) is 14.9 Å². The van der Waals surface area contributed by atoms with Crippen LogP contribution in [0.25, 0.3) is 0 Å². The molecular weight excluding hydrogens is 430 g/mol. The molecule has 2 fully saturated rings. The van der Waals surface area contributed by atoms with Crippen LogP contribution in [0.5, 0.6) is 0 Å². The molecule has 1 aromatic heterocycles. The second kappa shape index (κ2) is 9.46. The molecule has 0 radical (unpaired) electrons. The molecule has 0 atom stereocenters. The Morgan fingerprint density at radius 3 is 2.28 bits per heavy atom. The zero-order valence-corrected chi connectivity index (χ0v) is 19.0. The molecule has 1 saturated heterocycles. The molecule has 0 spiro atoms. The van der Waals surface area contributed by atoms with Gasteiger partial charge in [0, 0.05) is 31.6 Å². The van der Waals surface area contributed by atoms with Crippen LogP contribution in [-0.2, 0) is 21.2 Å². The topological polar surface area (TPSA) is 109 Å². The number of hydrogen-bond donors (Lipinski definition) is 2. The van der Waals surface area contributed by atoms with E-state index in [0.717, 1.165) is 18.4 Å². The first-order valence-electron chi connectivity index (χ1n) is 11.1. The fraction of sp³-hybridized carbons (Fsp3) is 0.478. The van der Waals surface area contributed by atoms with Crippen molar-refractivity contribution in [2.45, 2.75) is 62.4 Å². The smallest absolute Gasteiger partial charge is 0.287 e. The van der Waals surface area contributed by atoms with E-state index in [0.29, 0.717) is 50.3 Å². The fourth-order valence-electron chi connectivity index (χ4n) is 3.82. The average molecular weight is 460 g/mol. The van der Waals surface area contributed by atoms with E-state index in [-0.39, 0.29) is 28.8 Å². The summed E-state index contributed by atoms with van der Waals surface area (Å²) in [6.07, 6.45) is 4.13. The van der Waals surface area contributed by atoms with E-state index < -0.39 is 10.0 Å². The summed E-state index contributed by atoms with van der Waals surface area (Å²) in [6, 6.07) is 10.3. The molecule has 4 rings (SSSR count). The lowest BCUT2D eigenvalue weighted by Crippen LogP contribution is -2.46. The molecule has 1 saturated carbocycles. The highest BCUT2D eigenvalue weighted by molar-refractivity contribution is 7.89. The Kier molecular flexibility index (Phi) is 6.66. The zero-order valence-electron chi connectivity index (χ0n) is 18.2. The number of aryl methyl sites for hydroxylation is 2. The molecule has 9 heteroatoms. The van der Waals surface area contributed by atoms with Gasteiger partial charge >= 0.3 is 0 Å². The number of carbonyl (C=O) groups is 2. The van der Waals surface area contributed by atoms with Gasteiger partial charge in [-0.05, 0) is 68.9 Å². The molecule has 32 heavy (non-hydrogen) atoms.